The standard InChI is InChI=1S/C12H22O3/c1-2-10-5-3-7-12(14-10)8-4-6-11(9-13)15-12/h10-11,13H,2-9H2,1H3/t10-,11-,12+/m1/s1. The van der Waals surface area contributed by atoms with Crippen molar-refractivity contribution in [3.63, 3.8) is 0 Å². The molecule has 0 aromatic heterocycles. The number of aliphatic hydroxyl groups is 1. The average molecular weight is 214 g/mol. The van der Waals surface area contributed by atoms with Crippen molar-refractivity contribution in [1.29, 1.82) is 0 Å². The molecule has 2 aliphatic rings. The van der Waals surface area contributed by atoms with Gasteiger partial charge in [0.05, 0.1) is 18.8 Å². The van der Waals surface area contributed by atoms with Gasteiger partial charge in [-0.05, 0) is 32.1 Å². The van der Waals surface area contributed by atoms with Gasteiger partial charge in [0.2, 0.25) is 0 Å². The minimum atomic E-state index is -0.357. The molecule has 2 fully saturated rings. The van der Waals surface area contributed by atoms with Crippen molar-refractivity contribution in [2.75, 3.05) is 6.61 Å². The van der Waals surface area contributed by atoms with Crippen LogP contribution in [0, 0.1) is 0 Å². The second-order valence-corrected chi connectivity index (χ2v) is 4.77. The molecule has 3 nitrogen and oxygen atoms in total. The molecule has 88 valence electrons. The van der Waals surface area contributed by atoms with Crippen LogP contribution >= 0.6 is 0 Å². The van der Waals surface area contributed by atoms with E-state index in [4.69, 9.17) is 14.6 Å². The van der Waals surface area contributed by atoms with Gasteiger partial charge in [-0.15, -0.1) is 0 Å². The van der Waals surface area contributed by atoms with Gasteiger partial charge in [-0.25, -0.2) is 0 Å². The highest BCUT2D eigenvalue weighted by molar-refractivity contribution is 4.83. The molecule has 15 heavy (non-hydrogen) atoms. The summed E-state index contributed by atoms with van der Waals surface area (Å²) in [5.41, 5.74) is 0. The molecule has 0 aliphatic carbocycles. The summed E-state index contributed by atoms with van der Waals surface area (Å²) >= 11 is 0. The lowest BCUT2D eigenvalue weighted by atomic mass is 9.92. The largest absolute Gasteiger partial charge is 0.394 e. The number of aliphatic hydroxyl groups excluding tert-OH is 1. The summed E-state index contributed by atoms with van der Waals surface area (Å²) in [5.74, 6) is -0.357. The van der Waals surface area contributed by atoms with Gasteiger partial charge in [-0.3, -0.25) is 0 Å². The Morgan fingerprint density at radius 1 is 1.13 bits per heavy atom. The fourth-order valence-corrected chi connectivity index (χ4v) is 2.73. The summed E-state index contributed by atoms with van der Waals surface area (Å²) in [5, 5.41) is 9.15. The lowest BCUT2D eigenvalue weighted by molar-refractivity contribution is -0.317. The molecule has 0 saturated carbocycles. The first kappa shape index (κ1) is 11.4. The summed E-state index contributed by atoms with van der Waals surface area (Å²) in [4.78, 5) is 0. The minimum absolute atomic E-state index is 0.00523. The normalized spacial score (nSPS) is 42.0. The van der Waals surface area contributed by atoms with Gasteiger partial charge < -0.3 is 14.6 Å². The van der Waals surface area contributed by atoms with Gasteiger partial charge in [0.25, 0.3) is 0 Å². The lowest BCUT2D eigenvalue weighted by Gasteiger charge is -2.45. The Balaban J connectivity index is 1.98. The molecule has 3 heteroatoms. The third-order valence-corrected chi connectivity index (χ3v) is 3.59. The summed E-state index contributed by atoms with van der Waals surface area (Å²) in [6.45, 7) is 2.29. The maximum absolute atomic E-state index is 9.15. The molecule has 3 atom stereocenters. The number of rotatable bonds is 2. The van der Waals surface area contributed by atoms with Gasteiger partial charge in [-0.1, -0.05) is 6.92 Å². The maximum atomic E-state index is 9.15. The van der Waals surface area contributed by atoms with E-state index in [9.17, 15) is 0 Å². The molecule has 2 saturated heterocycles. The molecule has 0 radical (unpaired) electrons. The van der Waals surface area contributed by atoms with Crippen LogP contribution in [-0.4, -0.2) is 29.7 Å². The average Bonchev–Trinajstić information content (AvgIpc) is 2.29. The second-order valence-electron chi connectivity index (χ2n) is 4.77. The van der Waals surface area contributed by atoms with Crippen LogP contribution in [0.25, 0.3) is 0 Å². The highest BCUT2D eigenvalue weighted by Gasteiger charge is 2.41. The van der Waals surface area contributed by atoms with Crippen LogP contribution in [0.3, 0.4) is 0 Å². The summed E-state index contributed by atoms with van der Waals surface area (Å²) < 4.78 is 12.0. The molecule has 0 bridgehead atoms. The van der Waals surface area contributed by atoms with Crippen LogP contribution in [0.5, 0.6) is 0 Å². The van der Waals surface area contributed by atoms with E-state index in [2.05, 4.69) is 6.92 Å². The monoisotopic (exact) mass is 214 g/mol. The van der Waals surface area contributed by atoms with Crippen molar-refractivity contribution in [2.24, 2.45) is 0 Å². The smallest absolute Gasteiger partial charge is 0.169 e. The number of hydrogen-bond acceptors (Lipinski definition) is 3. The maximum Gasteiger partial charge on any atom is 0.169 e. The first-order chi connectivity index (χ1) is 7.28. The van der Waals surface area contributed by atoms with Crippen molar-refractivity contribution in [1.82, 2.24) is 0 Å². The van der Waals surface area contributed by atoms with Gasteiger partial charge in [0.1, 0.15) is 0 Å². The van der Waals surface area contributed by atoms with E-state index in [1.54, 1.807) is 0 Å². The second kappa shape index (κ2) is 4.81. The predicted molar refractivity (Wildman–Crippen MR) is 57.6 cm³/mol. The van der Waals surface area contributed by atoms with Gasteiger partial charge in [-0.2, -0.15) is 0 Å². The molecule has 2 rings (SSSR count). The van der Waals surface area contributed by atoms with Crippen LogP contribution in [0.15, 0.2) is 0 Å². The van der Waals surface area contributed by atoms with E-state index >= 15 is 0 Å². The van der Waals surface area contributed by atoms with Crippen molar-refractivity contribution >= 4 is 0 Å². The molecule has 0 unspecified atom stereocenters. The Hall–Kier alpha value is -0.120. The minimum Gasteiger partial charge on any atom is -0.394 e. The van der Waals surface area contributed by atoms with E-state index in [1.165, 1.54) is 6.42 Å². The summed E-state index contributed by atoms with van der Waals surface area (Å²) in [7, 11) is 0. The third kappa shape index (κ3) is 2.52. The molecule has 0 aromatic rings. The quantitative estimate of drug-likeness (QED) is 0.766. The highest BCUT2D eigenvalue weighted by atomic mass is 16.7. The van der Waals surface area contributed by atoms with Crippen molar-refractivity contribution in [2.45, 2.75) is 69.9 Å². The fourth-order valence-electron chi connectivity index (χ4n) is 2.73. The molecule has 2 aliphatic heterocycles. The zero-order valence-corrected chi connectivity index (χ0v) is 9.58. The van der Waals surface area contributed by atoms with E-state index < -0.39 is 0 Å². The Kier molecular flexibility index (Phi) is 3.65. The molecular formula is C12H22O3. The molecule has 2 heterocycles. The predicted octanol–water partition coefficient (Wildman–Crippen LogP) is 2.22. The third-order valence-electron chi connectivity index (χ3n) is 3.59. The van der Waals surface area contributed by atoms with Crippen LogP contribution in [0.4, 0.5) is 0 Å². The Morgan fingerprint density at radius 2 is 1.73 bits per heavy atom. The Morgan fingerprint density at radius 3 is 2.33 bits per heavy atom. The van der Waals surface area contributed by atoms with Crippen LogP contribution < -0.4 is 0 Å². The van der Waals surface area contributed by atoms with E-state index in [0.29, 0.717) is 6.10 Å². The zero-order valence-electron chi connectivity index (χ0n) is 9.58. The van der Waals surface area contributed by atoms with Crippen molar-refractivity contribution in [3.8, 4) is 0 Å². The van der Waals surface area contributed by atoms with E-state index in [0.717, 1.165) is 38.5 Å². The Bertz CT molecular complexity index is 183. The van der Waals surface area contributed by atoms with Crippen LogP contribution in [-0.2, 0) is 9.47 Å². The molecule has 1 spiro atoms. The summed E-state index contributed by atoms with van der Waals surface area (Å²) in [6, 6.07) is 0. The zero-order chi connectivity index (χ0) is 10.7. The first-order valence-electron chi connectivity index (χ1n) is 6.24. The molecule has 0 amide bonds. The lowest BCUT2D eigenvalue weighted by Crippen LogP contribution is -2.48. The molecule has 0 aromatic carbocycles. The number of ether oxygens (including phenoxy) is 2. The summed E-state index contributed by atoms with van der Waals surface area (Å²) in [6.07, 6.45) is 7.85. The van der Waals surface area contributed by atoms with Crippen molar-refractivity contribution in [3.05, 3.63) is 0 Å². The van der Waals surface area contributed by atoms with Crippen molar-refractivity contribution < 1.29 is 14.6 Å². The molecule has 1 N–H and O–H groups in total. The number of hydrogen-bond donors (Lipinski definition) is 1. The highest BCUT2D eigenvalue weighted by Crippen LogP contribution is 2.39. The van der Waals surface area contributed by atoms with Gasteiger partial charge in [0.15, 0.2) is 5.79 Å². The van der Waals surface area contributed by atoms with E-state index in [1.807, 2.05) is 0 Å². The van der Waals surface area contributed by atoms with Crippen LogP contribution in [0.2, 0.25) is 0 Å². The van der Waals surface area contributed by atoms with Crippen LogP contribution in [0.1, 0.15) is 51.9 Å². The Labute approximate surface area is 91.8 Å². The first-order valence-corrected chi connectivity index (χ1v) is 6.24. The SMILES string of the molecule is CC[C@@H]1CCC[C@]2(CCC[C@H](CO)O2)O1. The van der Waals surface area contributed by atoms with Gasteiger partial charge >= 0.3 is 0 Å². The van der Waals surface area contributed by atoms with Gasteiger partial charge in [0, 0.05) is 12.8 Å². The fraction of sp³-hybridized carbons (Fsp3) is 1.00. The van der Waals surface area contributed by atoms with E-state index in [-0.39, 0.29) is 18.5 Å². The molecular weight excluding hydrogens is 192 g/mol. The topological polar surface area (TPSA) is 38.7 Å².